The highest BCUT2D eigenvalue weighted by Gasteiger charge is 2.36. The van der Waals surface area contributed by atoms with Crippen LogP contribution in [0.3, 0.4) is 0 Å². The molecule has 0 aromatic rings. The summed E-state index contributed by atoms with van der Waals surface area (Å²) in [5, 5.41) is 0. The summed E-state index contributed by atoms with van der Waals surface area (Å²) in [6.07, 6.45) is 4.24. The van der Waals surface area contributed by atoms with Crippen molar-refractivity contribution in [2.45, 2.75) is 12.5 Å². The molecule has 0 radical (unpaired) electrons. The summed E-state index contributed by atoms with van der Waals surface area (Å²) in [5.41, 5.74) is -1.80. The lowest BCUT2D eigenvalue weighted by atomic mass is 9.56. The van der Waals surface area contributed by atoms with Crippen LogP contribution in [0.4, 0.5) is 8.71 Å². The number of halogens is 2. The second-order valence-electron chi connectivity index (χ2n) is 2.30. The maximum Gasteiger partial charge on any atom is 0.415 e. The van der Waals surface area contributed by atoms with Crippen LogP contribution in [0.25, 0.3) is 0 Å². The van der Waals surface area contributed by atoms with Crippen LogP contribution >= 0.6 is 0 Å². The Morgan fingerprint density at radius 1 is 1.44 bits per heavy atom. The average molecular weight is 128 g/mol. The fourth-order valence-electron chi connectivity index (χ4n) is 0.685. The van der Waals surface area contributed by atoms with E-state index in [1.165, 1.54) is 31.1 Å². The number of allylic oxidation sites excluding steroid dienone is 3. The molecule has 0 saturated heterocycles. The first-order chi connectivity index (χ1) is 4.13. The molecular formula is C6H7BF2. The van der Waals surface area contributed by atoms with Gasteiger partial charge in [0.05, 0.1) is 0 Å². The average Bonchev–Trinajstić information content (AvgIpc) is 1.77. The molecule has 9 heavy (non-hydrogen) atoms. The van der Waals surface area contributed by atoms with E-state index in [4.69, 9.17) is 0 Å². The summed E-state index contributed by atoms with van der Waals surface area (Å²) < 4.78 is 25.2. The number of rotatable bonds is 0. The van der Waals surface area contributed by atoms with E-state index in [2.05, 4.69) is 0 Å². The Labute approximate surface area is 53.4 Å². The van der Waals surface area contributed by atoms with Crippen molar-refractivity contribution in [3.05, 3.63) is 24.2 Å². The Balaban J connectivity index is 2.78. The van der Waals surface area contributed by atoms with Crippen molar-refractivity contribution in [2.24, 2.45) is 0 Å². The molecule has 0 saturated carbocycles. The lowest BCUT2D eigenvalue weighted by Gasteiger charge is -2.16. The topological polar surface area (TPSA) is 0 Å². The lowest BCUT2D eigenvalue weighted by molar-refractivity contribution is 0.348. The normalized spacial score (nSPS) is 33.4. The van der Waals surface area contributed by atoms with Crippen LogP contribution in [-0.4, -0.2) is 12.6 Å². The van der Waals surface area contributed by atoms with Gasteiger partial charge < -0.3 is 4.32 Å². The van der Waals surface area contributed by atoms with Crippen LogP contribution in [0.1, 0.15) is 6.92 Å². The van der Waals surface area contributed by atoms with E-state index in [1.807, 2.05) is 0 Å². The summed E-state index contributed by atoms with van der Waals surface area (Å²) in [5.74, 6) is 1.21. The molecule has 0 aliphatic carbocycles. The van der Waals surface area contributed by atoms with Gasteiger partial charge >= 0.3 is 6.99 Å². The fourth-order valence-corrected chi connectivity index (χ4v) is 0.685. The largest absolute Gasteiger partial charge is 0.415 e. The minimum atomic E-state index is -1.80. The monoisotopic (exact) mass is 128 g/mol. The summed E-state index contributed by atoms with van der Waals surface area (Å²) in [4.78, 5) is 0. The molecule has 0 amide bonds. The Morgan fingerprint density at radius 3 is 2.44 bits per heavy atom. The van der Waals surface area contributed by atoms with Gasteiger partial charge in [0, 0.05) is 0 Å². The van der Waals surface area contributed by atoms with E-state index in [0.29, 0.717) is 0 Å². The standard InChI is InChI=1S/C6H7BF2/c1-6(8)4-2-3-5-7(6)9/h2-5H,1H3. The molecule has 3 heteroatoms. The molecule has 1 aliphatic heterocycles. The molecular weight excluding hydrogens is 121 g/mol. The van der Waals surface area contributed by atoms with Gasteiger partial charge in [0.2, 0.25) is 0 Å². The van der Waals surface area contributed by atoms with E-state index in [0.717, 1.165) is 0 Å². The van der Waals surface area contributed by atoms with Crippen LogP contribution in [-0.2, 0) is 0 Å². The summed E-state index contributed by atoms with van der Waals surface area (Å²) in [7, 11) is 0. The first-order valence-corrected chi connectivity index (χ1v) is 2.82. The third kappa shape index (κ3) is 1.20. The third-order valence-electron chi connectivity index (χ3n) is 1.35. The summed E-state index contributed by atoms with van der Waals surface area (Å²) in [6.45, 7) is -0.264. The van der Waals surface area contributed by atoms with Crippen LogP contribution in [0, 0.1) is 0 Å². The van der Waals surface area contributed by atoms with Crippen LogP contribution in [0.5, 0.6) is 0 Å². The van der Waals surface area contributed by atoms with Gasteiger partial charge in [-0.25, -0.2) is 4.39 Å². The minimum absolute atomic E-state index is 1.21. The first kappa shape index (κ1) is 6.52. The lowest BCUT2D eigenvalue weighted by Crippen LogP contribution is -2.33. The highest BCUT2D eigenvalue weighted by Crippen LogP contribution is 2.21. The van der Waals surface area contributed by atoms with Gasteiger partial charge in [-0.3, -0.25) is 0 Å². The second kappa shape index (κ2) is 1.97. The number of alkyl halides is 1. The maximum atomic E-state index is 12.8. The first-order valence-electron chi connectivity index (χ1n) is 2.82. The van der Waals surface area contributed by atoms with Gasteiger partial charge in [-0.05, 0) is 6.92 Å². The van der Waals surface area contributed by atoms with Gasteiger partial charge in [0.15, 0.2) is 0 Å². The number of hydrogen-bond acceptors (Lipinski definition) is 0. The molecule has 1 rings (SSSR count). The Kier molecular flexibility index (Phi) is 1.43. The zero-order valence-corrected chi connectivity index (χ0v) is 5.14. The van der Waals surface area contributed by atoms with Crippen molar-refractivity contribution in [1.29, 1.82) is 0 Å². The van der Waals surface area contributed by atoms with Crippen LogP contribution in [0.2, 0.25) is 0 Å². The highest BCUT2D eigenvalue weighted by molar-refractivity contribution is 6.61. The fraction of sp³-hybridized carbons (Fsp3) is 0.333. The molecule has 48 valence electrons. The van der Waals surface area contributed by atoms with Gasteiger partial charge in [0.25, 0.3) is 0 Å². The van der Waals surface area contributed by atoms with Crippen LogP contribution < -0.4 is 0 Å². The van der Waals surface area contributed by atoms with E-state index < -0.39 is 12.6 Å². The van der Waals surface area contributed by atoms with Crippen molar-refractivity contribution in [2.75, 3.05) is 0 Å². The van der Waals surface area contributed by atoms with Crippen molar-refractivity contribution < 1.29 is 8.71 Å². The van der Waals surface area contributed by atoms with E-state index >= 15 is 0 Å². The predicted octanol–water partition coefficient (Wildman–Crippen LogP) is 1.88. The third-order valence-corrected chi connectivity index (χ3v) is 1.35. The second-order valence-corrected chi connectivity index (χ2v) is 2.30. The van der Waals surface area contributed by atoms with Crippen molar-refractivity contribution in [3.63, 3.8) is 0 Å². The van der Waals surface area contributed by atoms with Crippen molar-refractivity contribution in [3.8, 4) is 0 Å². The highest BCUT2D eigenvalue weighted by atomic mass is 19.2. The Morgan fingerprint density at radius 2 is 2.11 bits per heavy atom. The molecule has 0 spiro atoms. The molecule has 1 atom stereocenters. The molecule has 1 aliphatic rings. The van der Waals surface area contributed by atoms with Gasteiger partial charge in [-0.15, -0.1) is 0 Å². The Hall–Kier alpha value is -0.595. The predicted molar refractivity (Wildman–Crippen MR) is 34.7 cm³/mol. The van der Waals surface area contributed by atoms with Gasteiger partial charge in [-0.1, -0.05) is 24.2 Å². The summed E-state index contributed by atoms with van der Waals surface area (Å²) >= 11 is 0. The molecule has 0 nitrogen and oxygen atoms in total. The Bertz CT molecular complexity index is 160. The molecule has 1 unspecified atom stereocenters. The number of hydrogen-bond donors (Lipinski definition) is 0. The molecule has 0 fully saturated rings. The van der Waals surface area contributed by atoms with Gasteiger partial charge in [0.1, 0.15) is 5.57 Å². The molecule has 1 heterocycles. The minimum Gasteiger partial charge on any atom is -0.326 e. The van der Waals surface area contributed by atoms with E-state index in [1.54, 1.807) is 0 Å². The zero-order chi connectivity index (χ0) is 6.91. The molecule has 0 aromatic carbocycles. The van der Waals surface area contributed by atoms with E-state index in [-0.39, 0.29) is 0 Å². The maximum absolute atomic E-state index is 12.8. The van der Waals surface area contributed by atoms with Crippen molar-refractivity contribution >= 4 is 6.99 Å². The smallest absolute Gasteiger partial charge is 0.326 e. The van der Waals surface area contributed by atoms with Crippen molar-refractivity contribution in [1.82, 2.24) is 0 Å². The van der Waals surface area contributed by atoms with Crippen LogP contribution in [0.15, 0.2) is 24.2 Å². The zero-order valence-electron chi connectivity index (χ0n) is 5.14. The quantitative estimate of drug-likeness (QED) is 0.437. The summed E-state index contributed by atoms with van der Waals surface area (Å²) in [6, 6.07) is 0. The van der Waals surface area contributed by atoms with Gasteiger partial charge in [-0.2, -0.15) is 0 Å². The molecule has 0 N–H and O–H groups in total. The SMILES string of the molecule is CC1(F)C=CC=CB1F. The molecule has 0 bridgehead atoms. The van der Waals surface area contributed by atoms with E-state index in [9.17, 15) is 8.71 Å². The molecule has 0 aromatic heterocycles.